The van der Waals surface area contributed by atoms with Crippen molar-refractivity contribution in [3.8, 4) is 0 Å². The lowest BCUT2D eigenvalue weighted by Gasteiger charge is -2.34. The van der Waals surface area contributed by atoms with Gasteiger partial charge in [-0.1, -0.05) is 20.1 Å². The van der Waals surface area contributed by atoms with E-state index in [1.807, 2.05) is 19.3 Å². The predicted octanol–water partition coefficient (Wildman–Crippen LogP) is 3.56. The first kappa shape index (κ1) is 13.7. The van der Waals surface area contributed by atoms with Crippen LogP contribution in [0.1, 0.15) is 25.3 Å². The van der Waals surface area contributed by atoms with Crippen LogP contribution in [0.25, 0.3) is 0 Å². The molecule has 1 unspecified atom stereocenters. The molecule has 19 heavy (non-hydrogen) atoms. The van der Waals surface area contributed by atoms with Crippen LogP contribution in [0.4, 0.5) is 5.69 Å². The van der Waals surface area contributed by atoms with E-state index in [4.69, 9.17) is 0 Å². The molecule has 1 aliphatic rings. The first-order valence-corrected chi connectivity index (χ1v) is 6.88. The minimum Gasteiger partial charge on any atom is -0.370 e. The van der Waals surface area contributed by atoms with Crippen LogP contribution < -0.4 is 5.32 Å². The van der Waals surface area contributed by atoms with Crippen LogP contribution in [0.15, 0.2) is 43.0 Å². The number of anilines is 1. The van der Waals surface area contributed by atoms with Crippen molar-refractivity contribution in [2.45, 2.75) is 26.7 Å². The molecule has 1 fully saturated rings. The van der Waals surface area contributed by atoms with Gasteiger partial charge in [-0.3, -0.25) is 4.98 Å². The van der Waals surface area contributed by atoms with Gasteiger partial charge in [-0.25, -0.2) is 0 Å². The number of nitrogens with zero attached hydrogens (tertiary/aromatic N) is 2. The van der Waals surface area contributed by atoms with Gasteiger partial charge < -0.3 is 10.2 Å². The molecule has 0 saturated carbocycles. The van der Waals surface area contributed by atoms with Gasteiger partial charge in [-0.05, 0) is 37.3 Å². The van der Waals surface area contributed by atoms with E-state index in [-0.39, 0.29) is 0 Å². The molecule has 1 saturated heterocycles. The Bertz CT molecular complexity index is 479. The molecule has 0 aliphatic carbocycles. The van der Waals surface area contributed by atoms with Gasteiger partial charge in [0.25, 0.3) is 0 Å². The summed E-state index contributed by atoms with van der Waals surface area (Å²) < 4.78 is 0. The Morgan fingerprint density at radius 1 is 1.42 bits per heavy atom. The van der Waals surface area contributed by atoms with E-state index in [1.165, 1.54) is 12.8 Å². The fourth-order valence-corrected chi connectivity index (χ4v) is 2.50. The van der Waals surface area contributed by atoms with Gasteiger partial charge in [0.05, 0.1) is 23.3 Å². The molecule has 3 nitrogen and oxygen atoms in total. The summed E-state index contributed by atoms with van der Waals surface area (Å²) in [7, 11) is 0. The van der Waals surface area contributed by atoms with Crippen LogP contribution in [0.5, 0.6) is 0 Å². The van der Waals surface area contributed by atoms with Gasteiger partial charge in [-0.2, -0.15) is 0 Å². The summed E-state index contributed by atoms with van der Waals surface area (Å²) >= 11 is 0. The molecule has 2 heterocycles. The Kier molecular flexibility index (Phi) is 4.25. The van der Waals surface area contributed by atoms with Gasteiger partial charge in [-0.15, -0.1) is 0 Å². The molecule has 1 aliphatic heterocycles. The Morgan fingerprint density at radius 2 is 2.21 bits per heavy atom. The maximum Gasteiger partial charge on any atom is 0.0573 e. The van der Waals surface area contributed by atoms with Gasteiger partial charge in [0.1, 0.15) is 0 Å². The zero-order valence-corrected chi connectivity index (χ0v) is 11.9. The number of aryl methyl sites for hydroxylation is 1. The number of likely N-dealkylation sites (tertiary alicyclic amines) is 1. The van der Waals surface area contributed by atoms with Crippen molar-refractivity contribution in [3.63, 3.8) is 0 Å². The summed E-state index contributed by atoms with van der Waals surface area (Å²) in [6.45, 7) is 14.8. The highest BCUT2D eigenvalue weighted by molar-refractivity contribution is 5.51. The van der Waals surface area contributed by atoms with Crippen molar-refractivity contribution in [1.29, 1.82) is 0 Å². The molecule has 1 aromatic heterocycles. The van der Waals surface area contributed by atoms with E-state index >= 15 is 0 Å². The van der Waals surface area contributed by atoms with E-state index < -0.39 is 0 Å². The SMILES string of the molecule is C=C(Nc1cncc(C)c1)C(=C)N1CCCC(C)C1. The summed E-state index contributed by atoms with van der Waals surface area (Å²) in [5, 5.41) is 3.30. The van der Waals surface area contributed by atoms with Crippen LogP contribution >= 0.6 is 0 Å². The summed E-state index contributed by atoms with van der Waals surface area (Å²) in [5.41, 5.74) is 3.96. The average Bonchev–Trinajstić information content (AvgIpc) is 2.38. The molecule has 0 radical (unpaired) electrons. The fraction of sp³-hybridized carbons (Fsp3) is 0.438. The van der Waals surface area contributed by atoms with Crippen molar-refractivity contribution in [1.82, 2.24) is 9.88 Å². The number of hydrogen-bond donors (Lipinski definition) is 1. The second kappa shape index (κ2) is 5.91. The first-order chi connectivity index (χ1) is 9.06. The molecule has 1 atom stereocenters. The van der Waals surface area contributed by atoms with Gasteiger partial charge in [0, 0.05) is 19.3 Å². The standard InChI is InChI=1S/C16H23N3/c1-12-6-5-7-19(11-12)15(4)14(3)18-16-8-13(2)9-17-10-16/h8-10,12,18H,3-7,11H2,1-2H3. The van der Waals surface area contributed by atoms with E-state index in [0.717, 1.165) is 41.7 Å². The predicted molar refractivity (Wildman–Crippen MR) is 80.8 cm³/mol. The fourth-order valence-electron chi connectivity index (χ4n) is 2.50. The van der Waals surface area contributed by atoms with Gasteiger partial charge in [0.15, 0.2) is 0 Å². The third-order valence-electron chi connectivity index (χ3n) is 3.56. The normalized spacial score (nSPS) is 19.1. The summed E-state index contributed by atoms with van der Waals surface area (Å²) in [6.07, 6.45) is 6.20. The number of pyridine rings is 1. The number of nitrogens with one attached hydrogen (secondary N) is 1. The Balaban J connectivity index is 1.97. The summed E-state index contributed by atoms with van der Waals surface area (Å²) in [6, 6.07) is 2.06. The van der Waals surface area contributed by atoms with Gasteiger partial charge >= 0.3 is 0 Å². The van der Waals surface area contributed by atoms with Crippen LogP contribution in [0.2, 0.25) is 0 Å². The number of hydrogen-bond acceptors (Lipinski definition) is 3. The summed E-state index contributed by atoms with van der Waals surface area (Å²) in [4.78, 5) is 6.50. The molecule has 0 spiro atoms. The molecule has 1 aromatic rings. The van der Waals surface area contributed by atoms with Crippen LogP contribution in [0.3, 0.4) is 0 Å². The average molecular weight is 257 g/mol. The second-order valence-corrected chi connectivity index (χ2v) is 5.49. The third-order valence-corrected chi connectivity index (χ3v) is 3.56. The van der Waals surface area contributed by atoms with Crippen molar-refractivity contribution < 1.29 is 0 Å². The number of aromatic nitrogens is 1. The van der Waals surface area contributed by atoms with E-state index in [0.29, 0.717) is 0 Å². The Hall–Kier alpha value is -1.77. The topological polar surface area (TPSA) is 28.2 Å². The smallest absolute Gasteiger partial charge is 0.0573 e. The molecule has 0 bridgehead atoms. The highest BCUT2D eigenvalue weighted by Gasteiger charge is 2.18. The third kappa shape index (κ3) is 3.60. The lowest BCUT2D eigenvalue weighted by Crippen LogP contribution is -2.34. The van der Waals surface area contributed by atoms with Crippen LogP contribution in [-0.2, 0) is 0 Å². The zero-order valence-electron chi connectivity index (χ0n) is 11.9. The minimum atomic E-state index is 0.735. The van der Waals surface area contributed by atoms with Crippen LogP contribution in [-0.4, -0.2) is 23.0 Å². The number of rotatable bonds is 4. The minimum absolute atomic E-state index is 0.735. The number of piperidine rings is 1. The maximum atomic E-state index is 4.17. The Morgan fingerprint density at radius 3 is 2.89 bits per heavy atom. The zero-order chi connectivity index (χ0) is 13.8. The molecular formula is C16H23N3. The second-order valence-electron chi connectivity index (χ2n) is 5.49. The monoisotopic (exact) mass is 257 g/mol. The highest BCUT2D eigenvalue weighted by Crippen LogP contribution is 2.23. The molecular weight excluding hydrogens is 234 g/mol. The molecule has 2 rings (SSSR count). The first-order valence-electron chi connectivity index (χ1n) is 6.88. The molecule has 3 heteroatoms. The Labute approximate surface area is 116 Å². The van der Waals surface area contributed by atoms with Gasteiger partial charge in [0.2, 0.25) is 0 Å². The highest BCUT2D eigenvalue weighted by atomic mass is 15.2. The molecule has 0 aromatic carbocycles. The van der Waals surface area contributed by atoms with Crippen molar-refractivity contribution in [2.75, 3.05) is 18.4 Å². The maximum absolute atomic E-state index is 4.17. The lowest BCUT2D eigenvalue weighted by molar-refractivity contribution is 0.233. The molecule has 1 N–H and O–H groups in total. The van der Waals surface area contributed by atoms with Crippen molar-refractivity contribution in [3.05, 3.63) is 48.6 Å². The van der Waals surface area contributed by atoms with E-state index in [2.05, 4.69) is 41.3 Å². The summed E-state index contributed by atoms with van der Waals surface area (Å²) in [5.74, 6) is 0.735. The lowest BCUT2D eigenvalue weighted by atomic mass is 9.99. The molecule has 0 amide bonds. The van der Waals surface area contributed by atoms with E-state index in [1.54, 1.807) is 0 Å². The van der Waals surface area contributed by atoms with Crippen molar-refractivity contribution >= 4 is 5.69 Å². The largest absolute Gasteiger partial charge is 0.370 e. The van der Waals surface area contributed by atoms with E-state index in [9.17, 15) is 0 Å². The van der Waals surface area contributed by atoms with Crippen molar-refractivity contribution in [2.24, 2.45) is 5.92 Å². The van der Waals surface area contributed by atoms with Crippen LogP contribution in [0, 0.1) is 12.8 Å². The molecule has 102 valence electrons. The quantitative estimate of drug-likeness (QED) is 0.836.